The van der Waals surface area contributed by atoms with Gasteiger partial charge in [0.2, 0.25) is 0 Å². The van der Waals surface area contributed by atoms with E-state index in [2.05, 4.69) is 41.7 Å². The van der Waals surface area contributed by atoms with Crippen molar-refractivity contribution in [3.8, 4) is 11.3 Å². The molecule has 0 saturated carbocycles. The minimum Gasteiger partial charge on any atom is -0.383 e. The van der Waals surface area contributed by atoms with Gasteiger partial charge in [0.05, 0.1) is 0 Å². The number of rotatable bonds is 1. The van der Waals surface area contributed by atoms with E-state index in [1.54, 1.807) is 6.07 Å². The molecule has 0 aliphatic carbocycles. The quantitative estimate of drug-likeness (QED) is 0.864. The number of benzene rings is 1. The molecule has 0 amide bonds. The van der Waals surface area contributed by atoms with E-state index >= 15 is 0 Å². The van der Waals surface area contributed by atoms with Crippen molar-refractivity contribution < 1.29 is 4.39 Å². The van der Waals surface area contributed by atoms with E-state index in [-0.39, 0.29) is 11.2 Å². The minimum atomic E-state index is -0.291. The van der Waals surface area contributed by atoms with Crippen molar-refractivity contribution in [1.82, 2.24) is 9.55 Å². The predicted octanol–water partition coefficient (Wildman–Crippen LogP) is 3.87. The van der Waals surface area contributed by atoms with Gasteiger partial charge >= 0.3 is 0 Å². The molecule has 5 heteroatoms. The van der Waals surface area contributed by atoms with Crippen LogP contribution in [0.1, 0.15) is 26.6 Å². The molecule has 2 aromatic rings. The Morgan fingerprint density at radius 1 is 1.32 bits per heavy atom. The molecule has 102 valence electrons. The molecule has 1 aromatic heterocycles. The van der Waals surface area contributed by atoms with E-state index in [1.165, 1.54) is 12.1 Å². The zero-order valence-corrected chi connectivity index (χ0v) is 13.0. The summed E-state index contributed by atoms with van der Waals surface area (Å²) in [6.07, 6.45) is 0. The molecule has 1 aromatic carbocycles. The number of anilines is 1. The van der Waals surface area contributed by atoms with Crippen LogP contribution in [0.15, 0.2) is 22.7 Å². The van der Waals surface area contributed by atoms with Gasteiger partial charge in [-0.05, 0) is 34.1 Å². The first-order valence-corrected chi connectivity index (χ1v) is 6.79. The normalized spacial score (nSPS) is 11.9. The molecule has 19 heavy (non-hydrogen) atoms. The predicted molar refractivity (Wildman–Crippen MR) is 79.4 cm³/mol. The molecule has 0 radical (unpaired) electrons. The molecular formula is C14H17BrFN3. The van der Waals surface area contributed by atoms with Gasteiger partial charge in [-0.25, -0.2) is 9.37 Å². The summed E-state index contributed by atoms with van der Waals surface area (Å²) in [6, 6.07) is 4.51. The fraction of sp³-hybridized carbons (Fsp3) is 0.357. The van der Waals surface area contributed by atoms with Crippen LogP contribution in [0.5, 0.6) is 0 Å². The highest BCUT2D eigenvalue weighted by Crippen LogP contribution is 2.35. The summed E-state index contributed by atoms with van der Waals surface area (Å²) in [5, 5.41) is 0. The zero-order chi connectivity index (χ0) is 14.4. The Labute approximate surface area is 120 Å². The summed E-state index contributed by atoms with van der Waals surface area (Å²) < 4.78 is 15.7. The molecule has 1 heterocycles. The van der Waals surface area contributed by atoms with Gasteiger partial charge in [-0.15, -0.1) is 0 Å². The first-order chi connectivity index (χ1) is 8.71. The van der Waals surface area contributed by atoms with Crippen molar-refractivity contribution in [3.05, 3.63) is 34.3 Å². The Kier molecular flexibility index (Phi) is 3.43. The van der Waals surface area contributed by atoms with Crippen LogP contribution in [0.4, 0.5) is 10.2 Å². The third-order valence-corrected chi connectivity index (χ3v) is 3.65. The first kappa shape index (κ1) is 14.1. The van der Waals surface area contributed by atoms with Crippen LogP contribution in [-0.2, 0) is 12.5 Å². The van der Waals surface area contributed by atoms with Crippen LogP contribution >= 0.6 is 15.9 Å². The maximum Gasteiger partial charge on any atom is 0.131 e. The molecule has 3 nitrogen and oxygen atoms in total. The van der Waals surface area contributed by atoms with Crippen molar-refractivity contribution in [3.63, 3.8) is 0 Å². The smallest absolute Gasteiger partial charge is 0.131 e. The van der Waals surface area contributed by atoms with E-state index < -0.39 is 0 Å². The maximum absolute atomic E-state index is 13.2. The third kappa shape index (κ3) is 2.52. The van der Waals surface area contributed by atoms with Gasteiger partial charge in [0.15, 0.2) is 0 Å². The summed E-state index contributed by atoms with van der Waals surface area (Å²) in [5.74, 6) is 1.19. The molecule has 0 aliphatic heterocycles. The maximum atomic E-state index is 13.2. The molecule has 0 unspecified atom stereocenters. The monoisotopic (exact) mass is 325 g/mol. The van der Waals surface area contributed by atoms with E-state index in [4.69, 9.17) is 5.73 Å². The molecule has 0 saturated heterocycles. The highest BCUT2D eigenvalue weighted by molar-refractivity contribution is 9.10. The Balaban J connectivity index is 2.64. The second-order valence-electron chi connectivity index (χ2n) is 5.60. The number of nitrogens with two attached hydrogens (primary N) is 1. The van der Waals surface area contributed by atoms with Gasteiger partial charge in [-0.3, -0.25) is 0 Å². The fourth-order valence-electron chi connectivity index (χ4n) is 2.06. The molecule has 0 spiro atoms. The van der Waals surface area contributed by atoms with Gasteiger partial charge < -0.3 is 10.3 Å². The highest BCUT2D eigenvalue weighted by atomic mass is 79.9. The van der Waals surface area contributed by atoms with E-state index in [1.807, 2.05) is 11.6 Å². The number of halogens is 2. The fourth-order valence-corrected chi connectivity index (χ4v) is 2.60. The topological polar surface area (TPSA) is 43.8 Å². The molecular weight excluding hydrogens is 309 g/mol. The second kappa shape index (κ2) is 4.63. The van der Waals surface area contributed by atoms with Crippen molar-refractivity contribution in [2.45, 2.75) is 26.2 Å². The minimum absolute atomic E-state index is 0.104. The van der Waals surface area contributed by atoms with Gasteiger partial charge in [0.1, 0.15) is 23.2 Å². The zero-order valence-electron chi connectivity index (χ0n) is 11.5. The van der Waals surface area contributed by atoms with E-state index in [0.29, 0.717) is 16.0 Å². The number of hydrogen-bond acceptors (Lipinski definition) is 2. The van der Waals surface area contributed by atoms with Crippen LogP contribution in [0.2, 0.25) is 0 Å². The van der Waals surface area contributed by atoms with Crippen LogP contribution in [0, 0.1) is 5.82 Å². The van der Waals surface area contributed by atoms with Gasteiger partial charge in [-0.2, -0.15) is 0 Å². The molecule has 0 bridgehead atoms. The standard InChI is InChI=1S/C14H17BrFN3/c1-14(2,3)13-18-11(12(17)19(13)4)9-6-5-8(16)7-10(9)15/h5-7H,17H2,1-4H3. The Bertz CT molecular complexity index is 626. The number of aromatic nitrogens is 2. The summed E-state index contributed by atoms with van der Waals surface area (Å²) in [7, 11) is 1.89. The molecule has 2 N–H and O–H groups in total. The van der Waals surface area contributed by atoms with Gasteiger partial charge in [-0.1, -0.05) is 20.8 Å². The van der Waals surface area contributed by atoms with E-state index in [9.17, 15) is 4.39 Å². The second-order valence-corrected chi connectivity index (χ2v) is 6.46. The van der Waals surface area contributed by atoms with Crippen molar-refractivity contribution in [1.29, 1.82) is 0 Å². The summed E-state index contributed by atoms with van der Waals surface area (Å²) in [5.41, 5.74) is 7.50. The first-order valence-electron chi connectivity index (χ1n) is 6.00. The Morgan fingerprint density at radius 3 is 2.42 bits per heavy atom. The SMILES string of the molecule is Cn1c(C(C)(C)C)nc(-c2ccc(F)cc2Br)c1N. The van der Waals surface area contributed by atoms with Crippen molar-refractivity contribution in [2.75, 3.05) is 5.73 Å². The van der Waals surface area contributed by atoms with Crippen molar-refractivity contribution in [2.24, 2.45) is 7.05 Å². The lowest BCUT2D eigenvalue weighted by Gasteiger charge is -2.17. The average Bonchev–Trinajstić information content (AvgIpc) is 2.56. The van der Waals surface area contributed by atoms with Crippen LogP contribution in [-0.4, -0.2) is 9.55 Å². The molecule has 0 fully saturated rings. The molecule has 2 rings (SSSR count). The number of nitrogens with zero attached hydrogens (tertiary/aromatic N) is 2. The molecule has 0 atom stereocenters. The van der Waals surface area contributed by atoms with Crippen LogP contribution < -0.4 is 5.73 Å². The highest BCUT2D eigenvalue weighted by Gasteiger charge is 2.24. The third-order valence-electron chi connectivity index (χ3n) is 3.00. The van der Waals surface area contributed by atoms with E-state index in [0.717, 1.165) is 11.4 Å². The van der Waals surface area contributed by atoms with Crippen molar-refractivity contribution >= 4 is 21.7 Å². The largest absolute Gasteiger partial charge is 0.383 e. The van der Waals surface area contributed by atoms with Gasteiger partial charge in [0, 0.05) is 22.5 Å². The Morgan fingerprint density at radius 2 is 1.95 bits per heavy atom. The summed E-state index contributed by atoms with van der Waals surface area (Å²) in [4.78, 5) is 4.63. The van der Waals surface area contributed by atoms with Gasteiger partial charge in [0.25, 0.3) is 0 Å². The lowest BCUT2D eigenvalue weighted by molar-refractivity contribution is 0.524. The van der Waals surface area contributed by atoms with Crippen LogP contribution in [0.25, 0.3) is 11.3 Å². The number of hydrogen-bond donors (Lipinski definition) is 1. The summed E-state index contributed by atoms with van der Waals surface area (Å²) in [6.45, 7) is 6.24. The molecule has 0 aliphatic rings. The lowest BCUT2D eigenvalue weighted by Crippen LogP contribution is -2.17. The van der Waals surface area contributed by atoms with Crippen LogP contribution in [0.3, 0.4) is 0 Å². The number of imidazole rings is 1. The Hall–Kier alpha value is -1.36. The number of nitrogen functional groups attached to an aromatic ring is 1. The lowest BCUT2D eigenvalue weighted by atomic mass is 9.96. The summed E-state index contributed by atoms with van der Waals surface area (Å²) >= 11 is 3.36. The average molecular weight is 326 g/mol.